The van der Waals surface area contributed by atoms with Crippen LogP contribution in [0.3, 0.4) is 0 Å². The molecule has 2 aliphatic rings. The van der Waals surface area contributed by atoms with Gasteiger partial charge >= 0.3 is 0 Å². The van der Waals surface area contributed by atoms with Crippen molar-refractivity contribution in [2.75, 3.05) is 19.6 Å². The monoisotopic (exact) mass is 453 g/mol. The van der Waals surface area contributed by atoms with Crippen molar-refractivity contribution in [2.24, 2.45) is 5.92 Å². The summed E-state index contributed by atoms with van der Waals surface area (Å²) in [5.41, 5.74) is 5.93. The Morgan fingerprint density at radius 2 is 1.74 bits per heavy atom. The first-order valence-corrected chi connectivity index (χ1v) is 12.8. The quantitative estimate of drug-likeness (QED) is 0.404. The van der Waals surface area contributed by atoms with Gasteiger partial charge in [0.25, 0.3) is 0 Å². The average Bonchev–Trinajstić information content (AvgIpc) is 2.88. The molecule has 0 N–H and O–H groups in total. The van der Waals surface area contributed by atoms with E-state index in [-0.39, 0.29) is 5.92 Å². The zero-order valence-electron chi connectivity index (χ0n) is 20.2. The number of piperidine rings is 1. The van der Waals surface area contributed by atoms with Crippen LogP contribution >= 0.6 is 0 Å². The molecule has 3 aromatic carbocycles. The van der Waals surface area contributed by atoms with Gasteiger partial charge in [-0.1, -0.05) is 60.2 Å². The Balaban J connectivity index is 1.12. The summed E-state index contributed by atoms with van der Waals surface area (Å²) in [7, 11) is 0. The lowest BCUT2D eigenvalue weighted by molar-refractivity contribution is 0.0877. The first-order valence-electron chi connectivity index (χ1n) is 12.8. The number of likely N-dealkylation sites (tertiary alicyclic amines) is 1. The second-order valence-electron chi connectivity index (χ2n) is 10.0. The molecule has 3 heteroatoms. The lowest BCUT2D eigenvalue weighted by Crippen LogP contribution is -2.35. The SMILES string of the molecule is Cc1cccc(COc2ccc3c(c2)CCC(CCN2CCC(c4ccccc4)CC2)C3=O)c1. The maximum atomic E-state index is 13.2. The van der Waals surface area contributed by atoms with Gasteiger partial charge in [0.1, 0.15) is 12.4 Å². The number of carbonyl (C=O) groups excluding carboxylic acids is 1. The molecule has 34 heavy (non-hydrogen) atoms. The molecule has 1 unspecified atom stereocenters. The second-order valence-corrected chi connectivity index (χ2v) is 10.0. The van der Waals surface area contributed by atoms with Crippen molar-refractivity contribution in [3.8, 4) is 5.75 Å². The van der Waals surface area contributed by atoms with Crippen molar-refractivity contribution < 1.29 is 9.53 Å². The lowest BCUT2D eigenvalue weighted by atomic mass is 9.80. The first-order chi connectivity index (χ1) is 16.7. The Hall–Kier alpha value is -2.91. The highest BCUT2D eigenvalue weighted by Gasteiger charge is 2.29. The van der Waals surface area contributed by atoms with Crippen LogP contribution in [0.1, 0.15) is 64.2 Å². The van der Waals surface area contributed by atoms with E-state index in [0.717, 1.165) is 55.8 Å². The molecular formula is C31H35NO2. The molecule has 1 aliphatic carbocycles. The van der Waals surface area contributed by atoms with Gasteiger partial charge in [0, 0.05) is 11.5 Å². The first kappa shape index (κ1) is 22.9. The minimum absolute atomic E-state index is 0.151. The van der Waals surface area contributed by atoms with Gasteiger partial charge in [0.15, 0.2) is 5.78 Å². The van der Waals surface area contributed by atoms with Crippen molar-refractivity contribution >= 4 is 5.78 Å². The van der Waals surface area contributed by atoms with Crippen molar-refractivity contribution in [1.29, 1.82) is 0 Å². The van der Waals surface area contributed by atoms with Crippen molar-refractivity contribution in [3.05, 3.63) is 101 Å². The molecule has 1 atom stereocenters. The van der Waals surface area contributed by atoms with Crippen molar-refractivity contribution in [1.82, 2.24) is 4.90 Å². The Labute approximate surface area is 203 Å². The molecule has 3 nitrogen and oxygen atoms in total. The summed E-state index contributed by atoms with van der Waals surface area (Å²) >= 11 is 0. The van der Waals surface area contributed by atoms with Crippen LogP contribution in [0.25, 0.3) is 0 Å². The number of aryl methyl sites for hydroxylation is 2. The summed E-state index contributed by atoms with van der Waals surface area (Å²) in [5.74, 6) is 2.01. The largest absolute Gasteiger partial charge is 0.489 e. The topological polar surface area (TPSA) is 29.5 Å². The minimum atomic E-state index is 0.151. The van der Waals surface area contributed by atoms with Crippen LogP contribution in [0.5, 0.6) is 5.75 Å². The van der Waals surface area contributed by atoms with E-state index in [0.29, 0.717) is 18.3 Å². The Kier molecular flexibility index (Phi) is 7.10. The lowest BCUT2D eigenvalue weighted by Gasteiger charge is -2.33. The number of hydrogen-bond donors (Lipinski definition) is 0. The van der Waals surface area contributed by atoms with Gasteiger partial charge in [-0.25, -0.2) is 0 Å². The normalized spacial score (nSPS) is 19.1. The third kappa shape index (κ3) is 5.42. The van der Waals surface area contributed by atoms with Crippen molar-refractivity contribution in [2.45, 2.75) is 51.6 Å². The molecule has 0 saturated carbocycles. The summed E-state index contributed by atoms with van der Waals surface area (Å²) in [6, 6.07) is 25.3. The summed E-state index contributed by atoms with van der Waals surface area (Å²) in [4.78, 5) is 15.8. The van der Waals surface area contributed by atoms with E-state index < -0.39 is 0 Å². The van der Waals surface area contributed by atoms with Gasteiger partial charge in [-0.3, -0.25) is 4.79 Å². The van der Waals surface area contributed by atoms with E-state index >= 15 is 0 Å². The fourth-order valence-corrected chi connectivity index (χ4v) is 5.59. The van der Waals surface area contributed by atoms with E-state index in [2.05, 4.69) is 72.5 Å². The fraction of sp³-hybridized carbons (Fsp3) is 0.387. The third-order valence-electron chi connectivity index (χ3n) is 7.62. The molecule has 1 heterocycles. The van der Waals surface area contributed by atoms with E-state index in [1.165, 1.54) is 29.5 Å². The fourth-order valence-electron chi connectivity index (χ4n) is 5.59. The zero-order valence-corrected chi connectivity index (χ0v) is 20.2. The Morgan fingerprint density at radius 1 is 0.912 bits per heavy atom. The summed E-state index contributed by atoms with van der Waals surface area (Å²) in [6.07, 6.45) is 5.32. The number of nitrogens with zero attached hydrogens (tertiary/aromatic N) is 1. The second kappa shape index (κ2) is 10.6. The van der Waals surface area contributed by atoms with Crippen LogP contribution < -0.4 is 4.74 Å². The van der Waals surface area contributed by atoms with Gasteiger partial charge in [-0.05, 0) is 99.5 Å². The molecule has 0 aromatic heterocycles. The molecule has 5 rings (SSSR count). The van der Waals surface area contributed by atoms with Crippen LogP contribution in [0.4, 0.5) is 0 Å². The average molecular weight is 454 g/mol. The number of rotatable bonds is 7. The van der Waals surface area contributed by atoms with Gasteiger partial charge < -0.3 is 9.64 Å². The maximum absolute atomic E-state index is 13.2. The van der Waals surface area contributed by atoms with Crippen LogP contribution in [-0.4, -0.2) is 30.3 Å². The Morgan fingerprint density at radius 3 is 2.53 bits per heavy atom. The minimum Gasteiger partial charge on any atom is -0.489 e. The summed E-state index contributed by atoms with van der Waals surface area (Å²) < 4.78 is 6.02. The van der Waals surface area contributed by atoms with E-state index in [1.54, 1.807) is 0 Å². The summed E-state index contributed by atoms with van der Waals surface area (Å²) in [5, 5.41) is 0. The van der Waals surface area contributed by atoms with Gasteiger partial charge in [-0.2, -0.15) is 0 Å². The molecule has 1 aliphatic heterocycles. The van der Waals surface area contributed by atoms with Crippen LogP contribution in [0.15, 0.2) is 72.8 Å². The summed E-state index contributed by atoms with van der Waals surface area (Å²) in [6.45, 7) is 5.96. The van der Waals surface area contributed by atoms with E-state index in [9.17, 15) is 4.79 Å². The molecule has 0 spiro atoms. The standard InChI is InChI=1S/C31H35NO2/c1-23-6-5-7-24(20-23)22-34-29-12-13-30-28(21-29)11-10-27(31(30)33)16-19-32-17-14-26(15-18-32)25-8-3-2-4-9-25/h2-9,12-13,20-21,26-27H,10-11,14-19,22H2,1H3. The molecule has 176 valence electrons. The maximum Gasteiger partial charge on any atom is 0.166 e. The number of ketones is 1. The van der Waals surface area contributed by atoms with Gasteiger partial charge in [0.05, 0.1) is 0 Å². The molecule has 3 aromatic rings. The van der Waals surface area contributed by atoms with E-state index in [4.69, 9.17) is 4.74 Å². The van der Waals surface area contributed by atoms with Crippen LogP contribution in [0, 0.1) is 12.8 Å². The zero-order chi connectivity index (χ0) is 23.3. The number of Topliss-reactive ketones (excluding diaryl/α,β-unsaturated/α-hetero) is 1. The van der Waals surface area contributed by atoms with Crippen molar-refractivity contribution in [3.63, 3.8) is 0 Å². The number of ether oxygens (including phenoxy) is 1. The highest BCUT2D eigenvalue weighted by atomic mass is 16.5. The third-order valence-corrected chi connectivity index (χ3v) is 7.62. The highest BCUT2D eigenvalue weighted by molar-refractivity contribution is 6.00. The molecule has 0 bridgehead atoms. The number of fused-ring (bicyclic) bond motifs is 1. The Bertz CT molecular complexity index is 1120. The smallest absolute Gasteiger partial charge is 0.166 e. The van der Waals surface area contributed by atoms with Crippen LogP contribution in [0.2, 0.25) is 0 Å². The highest BCUT2D eigenvalue weighted by Crippen LogP contribution is 2.32. The molecule has 0 radical (unpaired) electrons. The number of hydrogen-bond acceptors (Lipinski definition) is 3. The molecule has 1 fully saturated rings. The van der Waals surface area contributed by atoms with Gasteiger partial charge in [0.2, 0.25) is 0 Å². The number of carbonyl (C=O) groups is 1. The molecule has 1 saturated heterocycles. The van der Waals surface area contributed by atoms with E-state index in [1.807, 2.05) is 12.1 Å². The molecule has 0 amide bonds. The predicted octanol–water partition coefficient (Wildman–Crippen LogP) is 6.59. The molecular weight excluding hydrogens is 418 g/mol. The predicted molar refractivity (Wildman–Crippen MR) is 138 cm³/mol. The number of benzene rings is 3. The van der Waals surface area contributed by atoms with Crippen LogP contribution in [-0.2, 0) is 13.0 Å². The van der Waals surface area contributed by atoms with Gasteiger partial charge in [-0.15, -0.1) is 0 Å².